The van der Waals surface area contributed by atoms with Gasteiger partial charge in [0.25, 0.3) is 15.9 Å². The first-order chi connectivity index (χ1) is 15.1. The topological polar surface area (TPSA) is 95.6 Å². The highest BCUT2D eigenvalue weighted by Crippen LogP contribution is 2.22. The van der Waals surface area contributed by atoms with Gasteiger partial charge in [-0.25, -0.2) is 8.42 Å². The van der Waals surface area contributed by atoms with E-state index in [4.69, 9.17) is 0 Å². The molecule has 0 aliphatic carbocycles. The molecule has 0 spiro atoms. The van der Waals surface area contributed by atoms with Crippen molar-refractivity contribution < 1.29 is 18.0 Å². The van der Waals surface area contributed by atoms with Crippen LogP contribution in [0, 0.1) is 19.8 Å². The van der Waals surface area contributed by atoms with Gasteiger partial charge in [0.05, 0.1) is 4.90 Å². The molecule has 2 aromatic rings. The van der Waals surface area contributed by atoms with Gasteiger partial charge in [0.15, 0.2) is 0 Å². The molecule has 8 heteroatoms. The first-order valence-electron chi connectivity index (χ1n) is 10.9. The van der Waals surface area contributed by atoms with Gasteiger partial charge >= 0.3 is 0 Å². The number of carbonyl (C=O) groups is 2. The second kappa shape index (κ2) is 9.73. The average molecular weight is 458 g/mol. The van der Waals surface area contributed by atoms with Crippen molar-refractivity contribution in [2.45, 2.75) is 51.5 Å². The van der Waals surface area contributed by atoms with Crippen LogP contribution < -0.4 is 10.0 Å². The first kappa shape index (κ1) is 23.8. The fourth-order valence-corrected chi connectivity index (χ4v) is 4.77. The number of aryl methyl sites for hydroxylation is 2. The van der Waals surface area contributed by atoms with E-state index in [0.717, 1.165) is 11.1 Å². The summed E-state index contributed by atoms with van der Waals surface area (Å²) in [5.41, 5.74) is 3.01. The molecule has 0 saturated carbocycles. The molecule has 32 heavy (non-hydrogen) atoms. The van der Waals surface area contributed by atoms with E-state index in [2.05, 4.69) is 10.0 Å². The second-order valence-electron chi connectivity index (χ2n) is 8.66. The van der Waals surface area contributed by atoms with Gasteiger partial charge < -0.3 is 10.2 Å². The number of piperidine rings is 1. The zero-order valence-corrected chi connectivity index (χ0v) is 19.8. The van der Waals surface area contributed by atoms with Crippen molar-refractivity contribution in [1.29, 1.82) is 0 Å². The van der Waals surface area contributed by atoms with Gasteiger partial charge in [-0.3, -0.25) is 14.3 Å². The summed E-state index contributed by atoms with van der Waals surface area (Å²) in [7, 11) is -3.76. The standard InChI is InChI=1S/C24H31N3O4S/c1-16(2)25-23(28)19-11-13-27(14-12-19)24(29)20-6-9-22(10-7-20)32(30,31)26-21-8-5-17(3)18(4)15-21/h5-10,15-16,19,26H,11-14H2,1-4H3,(H,25,28). The molecule has 7 nitrogen and oxygen atoms in total. The Bertz CT molecular complexity index is 1090. The number of rotatable bonds is 6. The Morgan fingerprint density at radius 3 is 2.16 bits per heavy atom. The quantitative estimate of drug-likeness (QED) is 0.694. The molecule has 0 atom stereocenters. The van der Waals surface area contributed by atoms with Crippen LogP contribution in [0.5, 0.6) is 0 Å². The van der Waals surface area contributed by atoms with Crippen molar-refractivity contribution in [3.8, 4) is 0 Å². The lowest BCUT2D eigenvalue weighted by Gasteiger charge is -2.31. The molecule has 2 aromatic carbocycles. The van der Waals surface area contributed by atoms with Gasteiger partial charge in [0, 0.05) is 36.3 Å². The van der Waals surface area contributed by atoms with E-state index in [1.807, 2.05) is 33.8 Å². The number of nitrogens with zero attached hydrogens (tertiary/aromatic N) is 1. The zero-order chi connectivity index (χ0) is 23.5. The van der Waals surface area contributed by atoms with Gasteiger partial charge in [-0.2, -0.15) is 0 Å². The highest BCUT2D eigenvalue weighted by molar-refractivity contribution is 7.92. The highest BCUT2D eigenvalue weighted by Gasteiger charge is 2.28. The second-order valence-corrected chi connectivity index (χ2v) is 10.3. The summed E-state index contributed by atoms with van der Waals surface area (Å²) in [6.07, 6.45) is 1.24. The maximum absolute atomic E-state index is 12.8. The van der Waals surface area contributed by atoms with Crippen molar-refractivity contribution in [2.75, 3.05) is 17.8 Å². The predicted molar refractivity (Wildman–Crippen MR) is 125 cm³/mol. The number of hydrogen-bond donors (Lipinski definition) is 2. The lowest BCUT2D eigenvalue weighted by atomic mass is 9.95. The van der Waals surface area contributed by atoms with E-state index in [-0.39, 0.29) is 28.7 Å². The van der Waals surface area contributed by atoms with Crippen molar-refractivity contribution in [1.82, 2.24) is 10.2 Å². The van der Waals surface area contributed by atoms with Gasteiger partial charge in [-0.1, -0.05) is 6.07 Å². The van der Waals surface area contributed by atoms with E-state index >= 15 is 0 Å². The number of anilines is 1. The summed E-state index contributed by atoms with van der Waals surface area (Å²) in [6.45, 7) is 8.75. The molecule has 0 aromatic heterocycles. The van der Waals surface area contributed by atoms with Crippen LogP contribution in [-0.4, -0.2) is 44.3 Å². The van der Waals surface area contributed by atoms with Gasteiger partial charge in [0.1, 0.15) is 0 Å². The third kappa shape index (κ3) is 5.68. The molecule has 2 N–H and O–H groups in total. The lowest BCUT2D eigenvalue weighted by molar-refractivity contribution is -0.126. The minimum absolute atomic E-state index is 0.0397. The Labute approximate surface area is 190 Å². The van der Waals surface area contributed by atoms with Gasteiger partial charge in [-0.15, -0.1) is 0 Å². The Morgan fingerprint density at radius 1 is 0.969 bits per heavy atom. The first-order valence-corrected chi connectivity index (χ1v) is 12.3. The Hall–Kier alpha value is -2.87. The van der Waals surface area contributed by atoms with Crippen molar-refractivity contribution in [3.63, 3.8) is 0 Å². The molecule has 1 fully saturated rings. The molecular weight excluding hydrogens is 426 g/mol. The number of amides is 2. The molecular formula is C24H31N3O4S. The van der Waals surface area contributed by atoms with E-state index in [1.54, 1.807) is 17.0 Å². The van der Waals surface area contributed by atoms with E-state index in [0.29, 0.717) is 37.2 Å². The summed E-state index contributed by atoms with van der Waals surface area (Å²) >= 11 is 0. The number of nitrogens with one attached hydrogen (secondary N) is 2. The third-order valence-corrected chi connectivity index (χ3v) is 7.15. The molecule has 0 radical (unpaired) electrons. The maximum Gasteiger partial charge on any atom is 0.261 e. The van der Waals surface area contributed by atoms with E-state index < -0.39 is 10.0 Å². The SMILES string of the molecule is Cc1ccc(NS(=O)(=O)c2ccc(C(=O)N3CCC(C(=O)NC(C)C)CC3)cc2)cc1C. The van der Waals surface area contributed by atoms with Crippen LogP contribution >= 0.6 is 0 Å². The Morgan fingerprint density at radius 2 is 1.59 bits per heavy atom. The number of hydrogen-bond acceptors (Lipinski definition) is 4. The smallest absolute Gasteiger partial charge is 0.261 e. The van der Waals surface area contributed by atoms with Crippen molar-refractivity contribution in [2.24, 2.45) is 5.92 Å². The van der Waals surface area contributed by atoms with Crippen LogP contribution in [0.15, 0.2) is 47.4 Å². The molecule has 0 unspecified atom stereocenters. The fourth-order valence-electron chi connectivity index (χ4n) is 3.73. The van der Waals surface area contributed by atoms with Crippen LogP contribution in [0.3, 0.4) is 0 Å². The van der Waals surface area contributed by atoms with Gasteiger partial charge in [0.2, 0.25) is 5.91 Å². The molecule has 3 rings (SSSR count). The van der Waals surface area contributed by atoms with Crippen LogP contribution in [0.4, 0.5) is 5.69 Å². The molecule has 2 amide bonds. The van der Waals surface area contributed by atoms with E-state index in [1.165, 1.54) is 24.3 Å². The van der Waals surface area contributed by atoms with Crippen LogP contribution in [0.2, 0.25) is 0 Å². The zero-order valence-electron chi connectivity index (χ0n) is 19.0. The lowest BCUT2D eigenvalue weighted by Crippen LogP contribution is -2.44. The number of carbonyl (C=O) groups excluding carboxylic acids is 2. The Balaban J connectivity index is 1.63. The maximum atomic E-state index is 12.8. The average Bonchev–Trinajstić information content (AvgIpc) is 2.75. The molecule has 1 saturated heterocycles. The van der Waals surface area contributed by atoms with Crippen LogP contribution in [-0.2, 0) is 14.8 Å². The van der Waals surface area contributed by atoms with Crippen molar-refractivity contribution >= 4 is 27.5 Å². The largest absolute Gasteiger partial charge is 0.354 e. The molecule has 0 bridgehead atoms. The van der Waals surface area contributed by atoms with Crippen LogP contribution in [0.1, 0.15) is 48.2 Å². The fraction of sp³-hybridized carbons (Fsp3) is 0.417. The summed E-state index contributed by atoms with van der Waals surface area (Å²) in [5, 5.41) is 2.93. The van der Waals surface area contributed by atoms with Crippen LogP contribution in [0.25, 0.3) is 0 Å². The molecule has 1 aliphatic rings. The summed E-state index contributed by atoms with van der Waals surface area (Å²) < 4.78 is 28.0. The highest BCUT2D eigenvalue weighted by atomic mass is 32.2. The molecule has 1 heterocycles. The van der Waals surface area contributed by atoms with Gasteiger partial charge in [-0.05, 0) is 88.1 Å². The number of benzene rings is 2. The molecule has 1 aliphatic heterocycles. The normalized spacial score (nSPS) is 15.0. The predicted octanol–water partition coefficient (Wildman–Crippen LogP) is 3.48. The number of sulfonamides is 1. The summed E-state index contributed by atoms with van der Waals surface area (Å²) in [5.74, 6) is -0.192. The minimum Gasteiger partial charge on any atom is -0.354 e. The third-order valence-electron chi connectivity index (χ3n) is 5.75. The Kier molecular flexibility index (Phi) is 7.23. The number of likely N-dealkylation sites (tertiary alicyclic amines) is 1. The van der Waals surface area contributed by atoms with Crippen molar-refractivity contribution in [3.05, 3.63) is 59.2 Å². The summed E-state index contributed by atoms with van der Waals surface area (Å²) in [6, 6.07) is 11.4. The van der Waals surface area contributed by atoms with E-state index in [9.17, 15) is 18.0 Å². The summed E-state index contributed by atoms with van der Waals surface area (Å²) in [4.78, 5) is 26.8. The monoisotopic (exact) mass is 457 g/mol. The minimum atomic E-state index is -3.76. The molecule has 172 valence electrons.